The maximum atomic E-state index is 5.68. The first-order chi connectivity index (χ1) is 9.15. The van der Waals surface area contributed by atoms with Crippen LogP contribution < -0.4 is 10.1 Å². The zero-order chi connectivity index (χ0) is 13.7. The van der Waals surface area contributed by atoms with Gasteiger partial charge in [0.2, 0.25) is 0 Å². The van der Waals surface area contributed by atoms with Crippen LogP contribution in [0.4, 0.5) is 0 Å². The molecule has 0 spiro atoms. The minimum absolute atomic E-state index is 0.225. The number of benzene rings is 1. The Hall–Kier alpha value is -1.06. The van der Waals surface area contributed by atoms with Gasteiger partial charge < -0.3 is 14.8 Å². The van der Waals surface area contributed by atoms with Gasteiger partial charge in [-0.05, 0) is 51.3 Å². The van der Waals surface area contributed by atoms with Gasteiger partial charge in [-0.3, -0.25) is 0 Å². The van der Waals surface area contributed by atoms with Crippen molar-refractivity contribution in [3.8, 4) is 5.75 Å². The minimum atomic E-state index is 0.225. The van der Waals surface area contributed by atoms with Crippen LogP contribution in [0.1, 0.15) is 39.2 Å². The highest BCUT2D eigenvalue weighted by atomic mass is 16.5. The molecule has 0 amide bonds. The van der Waals surface area contributed by atoms with Crippen LogP contribution in [0.15, 0.2) is 24.3 Å². The van der Waals surface area contributed by atoms with E-state index in [4.69, 9.17) is 9.47 Å². The second-order valence-electron chi connectivity index (χ2n) is 5.53. The van der Waals surface area contributed by atoms with Crippen LogP contribution in [-0.2, 0) is 11.3 Å². The Bertz CT molecular complexity index is 369. The third kappa shape index (κ3) is 4.51. The van der Waals surface area contributed by atoms with E-state index in [9.17, 15) is 0 Å². The predicted octanol–water partition coefficient (Wildman–Crippen LogP) is 3.13. The van der Waals surface area contributed by atoms with E-state index < -0.39 is 0 Å². The lowest BCUT2D eigenvalue weighted by Crippen LogP contribution is -2.36. The Morgan fingerprint density at radius 3 is 2.58 bits per heavy atom. The highest BCUT2D eigenvalue weighted by Gasteiger charge is 2.21. The average molecular weight is 263 g/mol. The van der Waals surface area contributed by atoms with Crippen LogP contribution in [-0.4, -0.2) is 24.9 Å². The van der Waals surface area contributed by atoms with Gasteiger partial charge in [0.25, 0.3) is 0 Å². The maximum Gasteiger partial charge on any atom is 0.119 e. The molecule has 0 aliphatic carbocycles. The molecule has 1 heterocycles. The minimum Gasteiger partial charge on any atom is -0.491 e. The van der Waals surface area contributed by atoms with Crippen molar-refractivity contribution in [3.05, 3.63) is 29.8 Å². The average Bonchev–Trinajstić information content (AvgIpc) is 2.91. The van der Waals surface area contributed by atoms with Crippen LogP contribution in [0.5, 0.6) is 5.75 Å². The second kappa shape index (κ2) is 6.92. The van der Waals surface area contributed by atoms with Gasteiger partial charge in [-0.2, -0.15) is 0 Å². The van der Waals surface area contributed by atoms with Crippen LogP contribution in [0, 0.1) is 0 Å². The summed E-state index contributed by atoms with van der Waals surface area (Å²) in [5.41, 5.74) is 1.28. The molecule has 2 unspecified atom stereocenters. The van der Waals surface area contributed by atoms with E-state index in [-0.39, 0.29) is 6.10 Å². The molecule has 2 rings (SSSR count). The Morgan fingerprint density at radius 1 is 1.26 bits per heavy atom. The smallest absolute Gasteiger partial charge is 0.119 e. The largest absolute Gasteiger partial charge is 0.491 e. The molecule has 3 nitrogen and oxygen atoms in total. The van der Waals surface area contributed by atoms with Gasteiger partial charge in [-0.15, -0.1) is 0 Å². The molecule has 3 heteroatoms. The second-order valence-corrected chi connectivity index (χ2v) is 5.53. The molecule has 1 N–H and O–H groups in total. The normalized spacial score (nSPS) is 20.7. The van der Waals surface area contributed by atoms with Crippen LogP contribution in [0.25, 0.3) is 0 Å². The van der Waals surface area contributed by atoms with Crippen LogP contribution in [0.3, 0.4) is 0 Å². The first kappa shape index (κ1) is 14.4. The van der Waals surface area contributed by atoms with Crippen molar-refractivity contribution in [2.45, 2.75) is 58.4 Å². The molecule has 1 aromatic carbocycles. The molecule has 0 aromatic heterocycles. The summed E-state index contributed by atoms with van der Waals surface area (Å²) in [5, 5.41) is 3.54. The van der Waals surface area contributed by atoms with E-state index in [2.05, 4.69) is 24.4 Å². The fourth-order valence-electron chi connectivity index (χ4n) is 2.37. The van der Waals surface area contributed by atoms with Gasteiger partial charge in [-0.1, -0.05) is 12.1 Å². The van der Waals surface area contributed by atoms with Crippen LogP contribution in [0.2, 0.25) is 0 Å². The van der Waals surface area contributed by atoms with E-state index in [0.29, 0.717) is 12.1 Å². The molecule has 1 aromatic rings. The number of rotatable bonds is 6. The Balaban J connectivity index is 1.79. The SMILES string of the molecule is CC(C)Oc1ccc(CNC(C)C2CCCO2)cc1. The first-order valence-electron chi connectivity index (χ1n) is 7.25. The topological polar surface area (TPSA) is 30.5 Å². The standard InChI is InChI=1S/C16H25NO2/c1-12(2)19-15-8-6-14(7-9-15)11-17-13(3)16-5-4-10-18-16/h6-9,12-13,16-17H,4-5,10-11H2,1-3H3. The summed E-state index contributed by atoms with van der Waals surface area (Å²) in [5.74, 6) is 0.936. The number of nitrogens with one attached hydrogen (secondary N) is 1. The van der Waals surface area contributed by atoms with E-state index in [1.807, 2.05) is 26.0 Å². The molecule has 106 valence electrons. The molecule has 1 fully saturated rings. The molecule has 2 atom stereocenters. The summed E-state index contributed by atoms with van der Waals surface area (Å²) in [4.78, 5) is 0. The lowest BCUT2D eigenvalue weighted by atomic mass is 10.1. The number of ether oxygens (including phenoxy) is 2. The highest BCUT2D eigenvalue weighted by molar-refractivity contribution is 5.27. The molecular formula is C16H25NO2. The Labute approximate surface area is 116 Å². The van der Waals surface area contributed by atoms with Crippen LogP contribution >= 0.6 is 0 Å². The van der Waals surface area contributed by atoms with Gasteiger partial charge >= 0.3 is 0 Å². The summed E-state index contributed by atoms with van der Waals surface area (Å²) < 4.78 is 11.3. The molecule has 19 heavy (non-hydrogen) atoms. The van der Waals surface area contributed by atoms with Gasteiger partial charge in [-0.25, -0.2) is 0 Å². The van der Waals surface area contributed by atoms with Crippen molar-refractivity contribution in [2.75, 3.05) is 6.61 Å². The maximum absolute atomic E-state index is 5.68. The van der Waals surface area contributed by atoms with Gasteiger partial charge in [0.1, 0.15) is 5.75 Å². The van der Waals surface area contributed by atoms with Crippen molar-refractivity contribution in [3.63, 3.8) is 0 Å². The van der Waals surface area contributed by atoms with Gasteiger partial charge in [0.05, 0.1) is 12.2 Å². The number of hydrogen-bond donors (Lipinski definition) is 1. The first-order valence-corrected chi connectivity index (χ1v) is 7.25. The van der Waals surface area contributed by atoms with Crippen molar-refractivity contribution in [1.82, 2.24) is 5.32 Å². The molecule has 0 bridgehead atoms. The summed E-state index contributed by atoms with van der Waals surface area (Å²) in [7, 11) is 0. The summed E-state index contributed by atoms with van der Waals surface area (Å²) in [6.45, 7) is 8.07. The summed E-state index contributed by atoms with van der Waals surface area (Å²) >= 11 is 0. The zero-order valence-electron chi connectivity index (χ0n) is 12.2. The Kier molecular flexibility index (Phi) is 5.23. The van der Waals surface area contributed by atoms with Gasteiger partial charge in [0.15, 0.2) is 0 Å². The quantitative estimate of drug-likeness (QED) is 0.855. The summed E-state index contributed by atoms with van der Waals surface area (Å²) in [6.07, 6.45) is 2.97. The lowest BCUT2D eigenvalue weighted by Gasteiger charge is -2.20. The molecule has 1 aliphatic rings. The van der Waals surface area contributed by atoms with Crippen molar-refractivity contribution in [2.24, 2.45) is 0 Å². The summed E-state index contributed by atoms with van der Waals surface area (Å²) in [6, 6.07) is 8.72. The fourth-order valence-corrected chi connectivity index (χ4v) is 2.37. The lowest BCUT2D eigenvalue weighted by molar-refractivity contribution is 0.0832. The van der Waals surface area contributed by atoms with E-state index >= 15 is 0 Å². The molecule has 1 aliphatic heterocycles. The van der Waals surface area contributed by atoms with Crippen molar-refractivity contribution >= 4 is 0 Å². The molecule has 0 saturated carbocycles. The van der Waals surface area contributed by atoms with Gasteiger partial charge in [0, 0.05) is 19.2 Å². The fraction of sp³-hybridized carbons (Fsp3) is 0.625. The predicted molar refractivity (Wildman–Crippen MR) is 77.5 cm³/mol. The number of hydrogen-bond acceptors (Lipinski definition) is 3. The zero-order valence-corrected chi connectivity index (χ0v) is 12.2. The van der Waals surface area contributed by atoms with E-state index in [1.54, 1.807) is 0 Å². The third-order valence-electron chi connectivity index (χ3n) is 3.45. The molecule has 0 radical (unpaired) electrons. The molecular weight excluding hydrogens is 238 g/mol. The highest BCUT2D eigenvalue weighted by Crippen LogP contribution is 2.17. The third-order valence-corrected chi connectivity index (χ3v) is 3.45. The van der Waals surface area contributed by atoms with Crippen molar-refractivity contribution < 1.29 is 9.47 Å². The monoisotopic (exact) mass is 263 g/mol. The Morgan fingerprint density at radius 2 is 2.00 bits per heavy atom. The van der Waals surface area contributed by atoms with E-state index in [0.717, 1.165) is 18.9 Å². The van der Waals surface area contributed by atoms with Crippen molar-refractivity contribution in [1.29, 1.82) is 0 Å². The van der Waals surface area contributed by atoms with E-state index in [1.165, 1.54) is 18.4 Å². The molecule has 1 saturated heterocycles.